The van der Waals surface area contributed by atoms with Crippen LogP contribution in [0.4, 0.5) is 4.79 Å². The maximum Gasteiger partial charge on any atom is 0.315 e. The fourth-order valence-electron chi connectivity index (χ4n) is 3.60. The van der Waals surface area contributed by atoms with Gasteiger partial charge in [0.15, 0.2) is 5.76 Å². The molecule has 1 unspecified atom stereocenters. The summed E-state index contributed by atoms with van der Waals surface area (Å²) in [5, 5.41) is 6.20. The average molecular weight is 383 g/mol. The molecular formula is C22H29N3O3. The molecule has 1 aromatic heterocycles. The highest BCUT2D eigenvalue weighted by Gasteiger charge is 2.26. The molecule has 1 aliphatic heterocycles. The normalized spacial score (nSPS) is 16.0. The number of nitrogens with zero attached hydrogens (tertiary/aromatic N) is 1. The monoisotopic (exact) mass is 383 g/mol. The fourth-order valence-corrected chi connectivity index (χ4v) is 3.60. The summed E-state index contributed by atoms with van der Waals surface area (Å²) in [4.78, 5) is 26.7. The molecule has 1 saturated heterocycles. The van der Waals surface area contributed by atoms with Crippen LogP contribution in [0.2, 0.25) is 0 Å². The standard InChI is InChI=1S/C22H29N3O3/c1-16(2)15-19(17-7-4-3-5-8-17)24-22(27)23-18-10-12-25(13-11-18)21(26)20-9-6-14-28-20/h3-9,14,16,18-19H,10-13,15H2,1-2H3,(H2,23,24,27). The molecule has 1 aromatic carbocycles. The molecule has 6 nitrogen and oxygen atoms in total. The van der Waals surface area contributed by atoms with Crippen LogP contribution in [0.5, 0.6) is 0 Å². The summed E-state index contributed by atoms with van der Waals surface area (Å²) in [6.45, 7) is 5.53. The van der Waals surface area contributed by atoms with Gasteiger partial charge >= 0.3 is 6.03 Å². The maximum atomic E-state index is 12.6. The van der Waals surface area contributed by atoms with Crippen LogP contribution in [0.25, 0.3) is 0 Å². The zero-order chi connectivity index (χ0) is 19.9. The Bertz CT molecular complexity index is 751. The lowest BCUT2D eigenvalue weighted by Gasteiger charge is -2.32. The quantitative estimate of drug-likeness (QED) is 0.793. The van der Waals surface area contributed by atoms with Gasteiger partial charge in [-0.05, 0) is 42.9 Å². The third kappa shape index (κ3) is 5.38. The van der Waals surface area contributed by atoms with E-state index in [9.17, 15) is 9.59 Å². The Labute approximate surface area is 166 Å². The zero-order valence-corrected chi connectivity index (χ0v) is 16.6. The van der Waals surface area contributed by atoms with Gasteiger partial charge in [0, 0.05) is 19.1 Å². The predicted octanol–water partition coefficient (Wildman–Crippen LogP) is 3.97. The van der Waals surface area contributed by atoms with Crippen molar-refractivity contribution in [3.05, 3.63) is 60.1 Å². The molecular weight excluding hydrogens is 354 g/mol. The van der Waals surface area contributed by atoms with Gasteiger partial charge < -0.3 is 20.0 Å². The van der Waals surface area contributed by atoms with E-state index in [1.165, 1.54) is 6.26 Å². The number of hydrogen-bond donors (Lipinski definition) is 2. The molecule has 0 bridgehead atoms. The van der Waals surface area contributed by atoms with Crippen LogP contribution in [-0.4, -0.2) is 36.0 Å². The minimum atomic E-state index is -0.148. The third-order valence-corrected chi connectivity index (χ3v) is 5.06. The van der Waals surface area contributed by atoms with Crippen LogP contribution in [-0.2, 0) is 0 Å². The first-order chi connectivity index (χ1) is 13.5. The van der Waals surface area contributed by atoms with Crippen molar-refractivity contribution in [2.24, 2.45) is 5.92 Å². The van der Waals surface area contributed by atoms with E-state index in [2.05, 4.69) is 24.5 Å². The molecule has 2 aromatic rings. The summed E-state index contributed by atoms with van der Waals surface area (Å²) in [6, 6.07) is 13.4. The maximum absolute atomic E-state index is 12.6. The van der Waals surface area contributed by atoms with Gasteiger partial charge in [-0.3, -0.25) is 4.79 Å². The summed E-state index contributed by atoms with van der Waals surface area (Å²) < 4.78 is 5.19. The first-order valence-corrected chi connectivity index (χ1v) is 9.97. The Hall–Kier alpha value is -2.76. The molecule has 0 radical (unpaired) electrons. The summed E-state index contributed by atoms with van der Waals surface area (Å²) >= 11 is 0. The van der Waals surface area contributed by atoms with Crippen LogP contribution in [0.3, 0.4) is 0 Å². The van der Waals surface area contributed by atoms with E-state index in [0.29, 0.717) is 24.8 Å². The molecule has 0 aliphatic carbocycles. The number of piperidine rings is 1. The van der Waals surface area contributed by atoms with Crippen molar-refractivity contribution >= 4 is 11.9 Å². The first-order valence-electron chi connectivity index (χ1n) is 9.97. The van der Waals surface area contributed by atoms with E-state index < -0.39 is 0 Å². The van der Waals surface area contributed by atoms with E-state index in [-0.39, 0.29) is 24.0 Å². The third-order valence-electron chi connectivity index (χ3n) is 5.06. The minimum absolute atomic E-state index is 0.0122. The number of furan rings is 1. The highest BCUT2D eigenvalue weighted by molar-refractivity contribution is 5.91. The number of nitrogens with one attached hydrogen (secondary N) is 2. The second-order valence-corrected chi connectivity index (χ2v) is 7.75. The number of rotatable bonds is 6. The molecule has 3 amide bonds. The van der Waals surface area contributed by atoms with Crippen LogP contribution < -0.4 is 10.6 Å². The second-order valence-electron chi connectivity index (χ2n) is 7.75. The summed E-state index contributed by atoms with van der Waals surface area (Å²) in [5.41, 5.74) is 1.12. The number of benzene rings is 1. The van der Waals surface area contributed by atoms with Crippen molar-refractivity contribution in [1.29, 1.82) is 0 Å². The minimum Gasteiger partial charge on any atom is -0.459 e. The van der Waals surface area contributed by atoms with Gasteiger partial charge in [-0.2, -0.15) is 0 Å². The highest BCUT2D eigenvalue weighted by Crippen LogP contribution is 2.21. The topological polar surface area (TPSA) is 74.6 Å². The van der Waals surface area contributed by atoms with Crippen molar-refractivity contribution in [2.45, 2.75) is 45.2 Å². The Morgan fingerprint density at radius 2 is 1.82 bits per heavy atom. The molecule has 2 heterocycles. The number of hydrogen-bond acceptors (Lipinski definition) is 3. The summed E-state index contributed by atoms with van der Waals surface area (Å²) in [6.07, 6.45) is 3.86. The predicted molar refractivity (Wildman–Crippen MR) is 108 cm³/mol. The Morgan fingerprint density at radius 1 is 1.11 bits per heavy atom. The number of carbonyl (C=O) groups excluding carboxylic acids is 2. The van der Waals surface area contributed by atoms with Crippen LogP contribution in [0.15, 0.2) is 53.1 Å². The number of urea groups is 1. The van der Waals surface area contributed by atoms with Gasteiger partial charge in [-0.1, -0.05) is 44.2 Å². The first kappa shape index (κ1) is 20.0. The molecule has 1 aliphatic rings. The number of carbonyl (C=O) groups is 2. The molecule has 150 valence electrons. The van der Waals surface area contributed by atoms with Crippen molar-refractivity contribution in [1.82, 2.24) is 15.5 Å². The zero-order valence-electron chi connectivity index (χ0n) is 16.6. The van der Waals surface area contributed by atoms with Crippen molar-refractivity contribution in [2.75, 3.05) is 13.1 Å². The van der Waals surface area contributed by atoms with Crippen LogP contribution in [0, 0.1) is 5.92 Å². The van der Waals surface area contributed by atoms with Gasteiger partial charge in [0.2, 0.25) is 0 Å². The van der Waals surface area contributed by atoms with Gasteiger partial charge in [0.25, 0.3) is 5.91 Å². The second kappa shape index (κ2) is 9.44. The fraction of sp³-hybridized carbons (Fsp3) is 0.455. The average Bonchev–Trinajstić information content (AvgIpc) is 3.22. The van der Waals surface area contributed by atoms with Gasteiger partial charge in [0.1, 0.15) is 0 Å². The van der Waals surface area contributed by atoms with Gasteiger partial charge in [-0.25, -0.2) is 4.79 Å². The highest BCUT2D eigenvalue weighted by atomic mass is 16.3. The lowest BCUT2D eigenvalue weighted by Crippen LogP contribution is -2.49. The molecule has 1 fully saturated rings. The largest absolute Gasteiger partial charge is 0.459 e. The van der Waals surface area contributed by atoms with Gasteiger partial charge in [0.05, 0.1) is 12.3 Å². The molecule has 0 spiro atoms. The molecule has 28 heavy (non-hydrogen) atoms. The smallest absolute Gasteiger partial charge is 0.315 e. The van der Waals surface area contributed by atoms with E-state index >= 15 is 0 Å². The molecule has 0 saturated carbocycles. The van der Waals surface area contributed by atoms with Crippen LogP contribution in [0.1, 0.15) is 55.3 Å². The Kier molecular flexibility index (Phi) is 6.74. The van der Waals surface area contributed by atoms with E-state index in [4.69, 9.17) is 4.42 Å². The molecule has 1 atom stereocenters. The lowest BCUT2D eigenvalue weighted by molar-refractivity contribution is 0.0676. The van der Waals surface area contributed by atoms with E-state index in [1.54, 1.807) is 17.0 Å². The molecule has 6 heteroatoms. The number of likely N-dealkylation sites (tertiary alicyclic amines) is 1. The van der Waals surface area contributed by atoms with Crippen molar-refractivity contribution in [3.63, 3.8) is 0 Å². The molecule has 3 rings (SSSR count). The Morgan fingerprint density at radius 3 is 2.43 bits per heavy atom. The van der Waals surface area contributed by atoms with Crippen molar-refractivity contribution in [3.8, 4) is 0 Å². The van der Waals surface area contributed by atoms with Crippen LogP contribution >= 0.6 is 0 Å². The summed E-state index contributed by atoms with van der Waals surface area (Å²) in [7, 11) is 0. The van der Waals surface area contributed by atoms with E-state index in [1.807, 2.05) is 30.3 Å². The van der Waals surface area contributed by atoms with Gasteiger partial charge in [-0.15, -0.1) is 0 Å². The number of amides is 3. The summed E-state index contributed by atoms with van der Waals surface area (Å²) in [5.74, 6) is 0.749. The van der Waals surface area contributed by atoms with Crippen molar-refractivity contribution < 1.29 is 14.0 Å². The SMILES string of the molecule is CC(C)CC(NC(=O)NC1CCN(C(=O)c2ccco2)CC1)c1ccccc1. The Balaban J connectivity index is 1.50. The lowest BCUT2D eigenvalue weighted by atomic mass is 9.97. The molecule has 2 N–H and O–H groups in total. The van der Waals surface area contributed by atoms with E-state index in [0.717, 1.165) is 24.8 Å².